The predicted molar refractivity (Wildman–Crippen MR) is 66.1 cm³/mol. The maximum atomic E-state index is 9.43. The third kappa shape index (κ3) is 2.54. The summed E-state index contributed by atoms with van der Waals surface area (Å²) in [5.41, 5.74) is 1.88. The number of nitrogens with one attached hydrogen (secondary N) is 1. The maximum absolute atomic E-state index is 9.43. The van der Waals surface area contributed by atoms with Crippen molar-refractivity contribution in [2.45, 2.75) is 19.4 Å². The molecule has 0 aromatic heterocycles. The number of aliphatic hydroxyl groups excluding tert-OH is 1. The second kappa shape index (κ2) is 4.85. The fourth-order valence-corrected chi connectivity index (χ4v) is 1.97. The Morgan fingerprint density at radius 3 is 2.94 bits per heavy atom. The van der Waals surface area contributed by atoms with Crippen LogP contribution in [-0.4, -0.2) is 24.0 Å². The molecule has 1 aliphatic heterocycles. The molecule has 2 rings (SSSR count). The number of amidine groups is 1. The van der Waals surface area contributed by atoms with Crippen LogP contribution in [0.4, 0.5) is 0 Å². The molecule has 0 amide bonds. The summed E-state index contributed by atoms with van der Waals surface area (Å²) in [7, 11) is 0. The normalized spacial score (nSPS) is 16.8. The van der Waals surface area contributed by atoms with E-state index in [9.17, 15) is 5.11 Å². The van der Waals surface area contributed by atoms with E-state index < -0.39 is 6.10 Å². The van der Waals surface area contributed by atoms with Crippen LogP contribution >= 0.6 is 11.6 Å². The molecular formula is C12H15ClN2O. The Balaban J connectivity index is 2.16. The number of aliphatic imine (C=N–C) groups is 1. The van der Waals surface area contributed by atoms with E-state index in [4.69, 9.17) is 11.6 Å². The van der Waals surface area contributed by atoms with Crippen molar-refractivity contribution < 1.29 is 5.11 Å². The van der Waals surface area contributed by atoms with E-state index >= 15 is 0 Å². The van der Waals surface area contributed by atoms with Crippen LogP contribution in [0.2, 0.25) is 5.02 Å². The lowest BCUT2D eigenvalue weighted by molar-refractivity contribution is 0.199. The first kappa shape index (κ1) is 11.4. The number of hydrogen-bond donors (Lipinski definition) is 2. The van der Waals surface area contributed by atoms with Gasteiger partial charge in [-0.3, -0.25) is 4.99 Å². The molecule has 0 unspecified atom stereocenters. The van der Waals surface area contributed by atoms with Crippen LogP contribution in [0.3, 0.4) is 0 Å². The minimum Gasteiger partial charge on any atom is -0.389 e. The molecule has 0 fully saturated rings. The second-order valence-corrected chi connectivity index (χ2v) is 4.37. The molecule has 0 saturated heterocycles. The van der Waals surface area contributed by atoms with Crippen LogP contribution in [0.1, 0.15) is 24.2 Å². The van der Waals surface area contributed by atoms with E-state index in [1.54, 1.807) is 6.92 Å². The molecule has 0 radical (unpaired) electrons. The molecular weight excluding hydrogens is 224 g/mol. The molecule has 16 heavy (non-hydrogen) atoms. The first-order chi connectivity index (χ1) is 7.66. The summed E-state index contributed by atoms with van der Waals surface area (Å²) in [4.78, 5) is 4.33. The Morgan fingerprint density at radius 1 is 1.56 bits per heavy atom. The average Bonchev–Trinajstić information content (AvgIpc) is 2.73. The van der Waals surface area contributed by atoms with Crippen molar-refractivity contribution in [3.63, 3.8) is 0 Å². The van der Waals surface area contributed by atoms with E-state index in [0.717, 1.165) is 36.5 Å². The molecule has 1 heterocycles. The van der Waals surface area contributed by atoms with E-state index in [1.807, 2.05) is 18.2 Å². The maximum Gasteiger partial charge on any atom is 0.101 e. The fraction of sp³-hybridized carbons (Fsp3) is 0.417. The standard InChI is InChI=1S/C12H15ClN2O/c1-8(16)9-2-3-10(11(13)6-9)7-12-14-4-5-15-12/h2-3,6,8,16H,4-5,7H2,1H3,(H,14,15)/t8-/m0/s1. The zero-order valence-electron chi connectivity index (χ0n) is 9.20. The average molecular weight is 239 g/mol. The second-order valence-electron chi connectivity index (χ2n) is 3.96. The van der Waals surface area contributed by atoms with Gasteiger partial charge in [-0.2, -0.15) is 0 Å². The predicted octanol–water partition coefficient (Wildman–Crippen LogP) is 1.94. The lowest BCUT2D eigenvalue weighted by Crippen LogP contribution is -2.20. The Kier molecular flexibility index (Phi) is 3.46. The van der Waals surface area contributed by atoms with Crippen LogP contribution in [0.15, 0.2) is 23.2 Å². The van der Waals surface area contributed by atoms with E-state index in [1.165, 1.54) is 0 Å². The van der Waals surface area contributed by atoms with Crippen LogP contribution in [0, 0.1) is 0 Å². The Hall–Kier alpha value is -1.06. The quantitative estimate of drug-likeness (QED) is 0.845. The molecule has 1 aliphatic rings. The number of aliphatic hydroxyl groups is 1. The van der Waals surface area contributed by atoms with E-state index in [2.05, 4.69) is 10.3 Å². The largest absolute Gasteiger partial charge is 0.389 e. The van der Waals surface area contributed by atoms with Crippen molar-refractivity contribution in [1.29, 1.82) is 0 Å². The van der Waals surface area contributed by atoms with Gasteiger partial charge in [0.1, 0.15) is 5.84 Å². The lowest BCUT2D eigenvalue weighted by atomic mass is 10.1. The third-order valence-electron chi connectivity index (χ3n) is 2.66. The van der Waals surface area contributed by atoms with Gasteiger partial charge in [0.25, 0.3) is 0 Å². The molecule has 3 nitrogen and oxygen atoms in total. The highest BCUT2D eigenvalue weighted by Gasteiger charge is 2.10. The zero-order valence-corrected chi connectivity index (χ0v) is 9.96. The third-order valence-corrected chi connectivity index (χ3v) is 3.01. The molecule has 0 bridgehead atoms. The summed E-state index contributed by atoms with van der Waals surface area (Å²) in [6.45, 7) is 3.49. The van der Waals surface area contributed by atoms with E-state index in [-0.39, 0.29) is 0 Å². The number of halogens is 1. The highest BCUT2D eigenvalue weighted by molar-refractivity contribution is 6.31. The van der Waals surface area contributed by atoms with Gasteiger partial charge in [0.2, 0.25) is 0 Å². The monoisotopic (exact) mass is 238 g/mol. The first-order valence-corrected chi connectivity index (χ1v) is 5.78. The number of nitrogens with zero attached hydrogens (tertiary/aromatic N) is 1. The molecule has 0 spiro atoms. The first-order valence-electron chi connectivity index (χ1n) is 5.40. The van der Waals surface area contributed by atoms with Crippen molar-refractivity contribution in [3.8, 4) is 0 Å². The smallest absolute Gasteiger partial charge is 0.101 e. The number of rotatable bonds is 3. The highest BCUT2D eigenvalue weighted by atomic mass is 35.5. The summed E-state index contributed by atoms with van der Waals surface area (Å²) >= 11 is 6.16. The molecule has 4 heteroatoms. The molecule has 0 aliphatic carbocycles. The number of hydrogen-bond acceptors (Lipinski definition) is 3. The van der Waals surface area contributed by atoms with Crippen LogP contribution in [0.5, 0.6) is 0 Å². The SMILES string of the molecule is C[C@H](O)c1ccc(CC2=NCCN2)c(Cl)c1. The minimum absolute atomic E-state index is 0.478. The molecule has 86 valence electrons. The van der Waals surface area contributed by atoms with Gasteiger partial charge in [-0.1, -0.05) is 23.7 Å². The van der Waals surface area contributed by atoms with Crippen LogP contribution in [0.25, 0.3) is 0 Å². The fourth-order valence-electron chi connectivity index (χ4n) is 1.71. The van der Waals surface area contributed by atoms with Crippen LogP contribution < -0.4 is 5.32 Å². The lowest BCUT2D eigenvalue weighted by Gasteiger charge is -2.09. The Bertz CT molecular complexity index is 415. The molecule has 1 aromatic rings. The summed E-state index contributed by atoms with van der Waals surface area (Å²) < 4.78 is 0. The topological polar surface area (TPSA) is 44.6 Å². The molecule has 1 atom stereocenters. The molecule has 1 aromatic carbocycles. The van der Waals surface area contributed by atoms with Crippen molar-refractivity contribution >= 4 is 17.4 Å². The molecule has 2 N–H and O–H groups in total. The van der Waals surface area contributed by atoms with Gasteiger partial charge >= 0.3 is 0 Å². The van der Waals surface area contributed by atoms with E-state index in [0.29, 0.717) is 5.02 Å². The van der Waals surface area contributed by atoms with Crippen molar-refractivity contribution in [2.24, 2.45) is 4.99 Å². The van der Waals surface area contributed by atoms with Gasteiger partial charge < -0.3 is 10.4 Å². The van der Waals surface area contributed by atoms with Crippen LogP contribution in [-0.2, 0) is 6.42 Å². The van der Waals surface area contributed by atoms with Gasteiger partial charge in [0, 0.05) is 18.0 Å². The zero-order chi connectivity index (χ0) is 11.5. The summed E-state index contributed by atoms with van der Waals surface area (Å²) in [6.07, 6.45) is 0.257. The molecule has 0 saturated carbocycles. The van der Waals surface area contributed by atoms with Gasteiger partial charge in [-0.15, -0.1) is 0 Å². The summed E-state index contributed by atoms with van der Waals surface area (Å²) in [6, 6.07) is 5.67. The number of benzene rings is 1. The van der Waals surface area contributed by atoms with Crippen molar-refractivity contribution in [1.82, 2.24) is 5.32 Å². The Labute approximate surface area is 100 Å². The van der Waals surface area contributed by atoms with Crippen molar-refractivity contribution in [2.75, 3.05) is 13.1 Å². The minimum atomic E-state index is -0.478. The Morgan fingerprint density at radius 2 is 2.38 bits per heavy atom. The van der Waals surface area contributed by atoms with Crippen molar-refractivity contribution in [3.05, 3.63) is 34.3 Å². The van der Waals surface area contributed by atoms with Gasteiger partial charge in [-0.05, 0) is 24.1 Å². The highest BCUT2D eigenvalue weighted by Crippen LogP contribution is 2.22. The van der Waals surface area contributed by atoms with Gasteiger partial charge in [0.05, 0.1) is 12.6 Å². The summed E-state index contributed by atoms with van der Waals surface area (Å²) in [5.74, 6) is 0.992. The van der Waals surface area contributed by atoms with Gasteiger partial charge in [-0.25, -0.2) is 0 Å². The summed E-state index contributed by atoms with van der Waals surface area (Å²) in [5, 5.41) is 13.3. The van der Waals surface area contributed by atoms with Gasteiger partial charge in [0.15, 0.2) is 0 Å².